The lowest BCUT2D eigenvalue weighted by Gasteiger charge is -2.13. The second kappa shape index (κ2) is 8.47. The Balaban J connectivity index is 1.41. The highest BCUT2D eigenvalue weighted by atomic mass is 32.1. The van der Waals surface area contributed by atoms with E-state index in [2.05, 4.69) is 103 Å². The van der Waals surface area contributed by atoms with Crippen molar-refractivity contribution in [3.63, 3.8) is 0 Å². The van der Waals surface area contributed by atoms with E-state index in [-0.39, 0.29) is 0 Å². The van der Waals surface area contributed by atoms with Gasteiger partial charge in [0.2, 0.25) is 0 Å². The molecule has 1 aliphatic carbocycles. The fourth-order valence-electron chi connectivity index (χ4n) is 4.91. The van der Waals surface area contributed by atoms with Crippen LogP contribution in [-0.4, -0.2) is 6.54 Å². The molecule has 5 aromatic rings. The maximum absolute atomic E-state index is 6.09. The summed E-state index contributed by atoms with van der Waals surface area (Å²) in [6.45, 7) is 0.607. The average molecular weight is 444 g/mol. The Bertz CT molecular complexity index is 1490. The largest absolute Gasteiger partial charge is 0.326 e. The van der Waals surface area contributed by atoms with E-state index < -0.39 is 0 Å². The molecule has 2 N–H and O–H groups in total. The van der Waals surface area contributed by atoms with E-state index in [0.717, 1.165) is 12.8 Å². The van der Waals surface area contributed by atoms with Crippen LogP contribution >= 0.6 is 11.3 Å². The van der Waals surface area contributed by atoms with Crippen LogP contribution in [-0.2, 0) is 6.42 Å². The van der Waals surface area contributed by atoms with Crippen LogP contribution in [0.5, 0.6) is 0 Å². The normalized spacial score (nSPS) is 13.1. The first-order chi connectivity index (χ1) is 16.3. The highest BCUT2D eigenvalue weighted by Crippen LogP contribution is 2.41. The fourth-order valence-corrected chi connectivity index (χ4v) is 6.14. The minimum atomic E-state index is 0.607. The molecule has 0 saturated carbocycles. The first kappa shape index (κ1) is 20.2. The number of hydrogen-bond acceptors (Lipinski definition) is 2. The Kier molecular flexibility index (Phi) is 5.18. The van der Waals surface area contributed by atoms with Crippen molar-refractivity contribution >= 4 is 27.0 Å². The van der Waals surface area contributed by atoms with E-state index in [4.69, 9.17) is 5.73 Å². The van der Waals surface area contributed by atoms with Gasteiger partial charge in [-0.2, -0.15) is 0 Å². The number of thiophene rings is 1. The van der Waals surface area contributed by atoms with Gasteiger partial charge in [-0.15, -0.1) is 11.3 Å². The molecule has 2 heteroatoms. The molecule has 160 valence electrons. The molecule has 33 heavy (non-hydrogen) atoms. The number of allylic oxidation sites excluding steroid dienone is 1. The number of benzene rings is 4. The monoisotopic (exact) mass is 443 g/mol. The smallest absolute Gasteiger partial charge is 0.0352 e. The van der Waals surface area contributed by atoms with Gasteiger partial charge in [0.25, 0.3) is 0 Å². The summed E-state index contributed by atoms with van der Waals surface area (Å²) < 4.78 is 1.36. The van der Waals surface area contributed by atoms with Crippen LogP contribution in [0.4, 0.5) is 0 Å². The number of fused-ring (bicyclic) bond motifs is 3. The van der Waals surface area contributed by atoms with E-state index in [1.54, 1.807) is 0 Å². The van der Waals surface area contributed by atoms with Crippen LogP contribution in [0.3, 0.4) is 0 Å². The Hall–Kier alpha value is -3.46. The summed E-state index contributed by atoms with van der Waals surface area (Å²) >= 11 is 1.93. The van der Waals surface area contributed by atoms with Crippen molar-refractivity contribution in [3.05, 3.63) is 114 Å². The Morgan fingerprint density at radius 2 is 1.24 bits per heavy atom. The van der Waals surface area contributed by atoms with Crippen molar-refractivity contribution in [3.8, 4) is 33.4 Å². The molecule has 0 radical (unpaired) electrons. The van der Waals surface area contributed by atoms with Crippen molar-refractivity contribution in [1.82, 2.24) is 0 Å². The lowest BCUT2D eigenvalue weighted by Crippen LogP contribution is -2.06. The Labute approximate surface area is 198 Å². The van der Waals surface area contributed by atoms with Gasteiger partial charge >= 0.3 is 0 Å². The van der Waals surface area contributed by atoms with Crippen molar-refractivity contribution in [2.75, 3.05) is 6.54 Å². The predicted molar refractivity (Wildman–Crippen MR) is 143 cm³/mol. The van der Waals surface area contributed by atoms with E-state index >= 15 is 0 Å². The van der Waals surface area contributed by atoms with E-state index in [0.29, 0.717) is 6.54 Å². The van der Waals surface area contributed by atoms with E-state index in [9.17, 15) is 0 Å². The highest BCUT2D eigenvalue weighted by molar-refractivity contribution is 7.19. The van der Waals surface area contributed by atoms with Crippen LogP contribution in [0, 0.1) is 0 Å². The molecular formula is C31H25NS. The summed E-state index contributed by atoms with van der Waals surface area (Å²) in [4.78, 5) is 1.48. The standard InChI is InChI=1S/C31H25NS/c32-20-27-13-6-14-30-31(27)28-19-26(15-16-29(28)33-30)25-12-5-11-24(18-25)23-10-4-9-22(17-23)21-7-2-1-3-8-21/h1-5,7-13,15-19H,6,14,20,32H2. The zero-order chi connectivity index (χ0) is 22.2. The predicted octanol–water partition coefficient (Wildman–Crippen LogP) is 8.19. The van der Waals surface area contributed by atoms with Gasteiger partial charge < -0.3 is 5.73 Å². The molecule has 0 fully saturated rings. The summed E-state index contributed by atoms with van der Waals surface area (Å²) in [6, 6.07) is 35.2. The molecule has 1 nitrogen and oxygen atoms in total. The van der Waals surface area contributed by atoms with Gasteiger partial charge in [-0.05, 0) is 76.1 Å². The van der Waals surface area contributed by atoms with Gasteiger partial charge in [-0.25, -0.2) is 0 Å². The zero-order valence-corrected chi connectivity index (χ0v) is 19.2. The van der Waals surface area contributed by atoms with Crippen LogP contribution in [0.2, 0.25) is 0 Å². The molecule has 4 aromatic carbocycles. The van der Waals surface area contributed by atoms with Gasteiger partial charge in [-0.1, -0.05) is 78.9 Å². The lowest BCUT2D eigenvalue weighted by molar-refractivity contribution is 0.996. The van der Waals surface area contributed by atoms with Gasteiger partial charge in [0, 0.05) is 27.1 Å². The summed E-state index contributed by atoms with van der Waals surface area (Å²) in [5, 5.41) is 1.35. The first-order valence-electron chi connectivity index (χ1n) is 11.5. The molecule has 0 aliphatic heterocycles. The molecule has 6 rings (SSSR count). The quantitative estimate of drug-likeness (QED) is 0.298. The van der Waals surface area contributed by atoms with Crippen LogP contribution in [0.15, 0.2) is 103 Å². The second-order valence-corrected chi connectivity index (χ2v) is 9.75. The van der Waals surface area contributed by atoms with Gasteiger partial charge in [0.15, 0.2) is 0 Å². The summed E-state index contributed by atoms with van der Waals surface area (Å²) in [6.07, 6.45) is 4.55. The molecule has 0 bridgehead atoms. The van der Waals surface area contributed by atoms with Gasteiger partial charge in [-0.3, -0.25) is 0 Å². The van der Waals surface area contributed by atoms with Crippen molar-refractivity contribution in [1.29, 1.82) is 0 Å². The third-order valence-corrected chi connectivity index (χ3v) is 7.79. The van der Waals surface area contributed by atoms with Crippen LogP contribution in [0.1, 0.15) is 16.9 Å². The van der Waals surface area contributed by atoms with Gasteiger partial charge in [0.05, 0.1) is 0 Å². The molecule has 0 atom stereocenters. The minimum absolute atomic E-state index is 0.607. The highest BCUT2D eigenvalue weighted by Gasteiger charge is 2.18. The van der Waals surface area contributed by atoms with Gasteiger partial charge in [0.1, 0.15) is 0 Å². The van der Waals surface area contributed by atoms with Crippen molar-refractivity contribution < 1.29 is 0 Å². The maximum Gasteiger partial charge on any atom is 0.0352 e. The Morgan fingerprint density at radius 3 is 1.91 bits per heavy atom. The third-order valence-electron chi connectivity index (χ3n) is 6.56. The van der Waals surface area contributed by atoms with E-state index in [1.165, 1.54) is 59.5 Å². The molecule has 1 heterocycles. The Morgan fingerprint density at radius 1 is 0.636 bits per heavy atom. The van der Waals surface area contributed by atoms with E-state index in [1.807, 2.05) is 11.3 Å². The molecule has 0 unspecified atom stereocenters. The number of nitrogens with two attached hydrogens (primary N) is 1. The molecule has 1 aromatic heterocycles. The first-order valence-corrected chi connectivity index (χ1v) is 12.3. The van der Waals surface area contributed by atoms with Crippen molar-refractivity contribution in [2.45, 2.75) is 12.8 Å². The third kappa shape index (κ3) is 3.72. The number of aryl methyl sites for hydroxylation is 1. The topological polar surface area (TPSA) is 26.0 Å². The summed E-state index contributed by atoms with van der Waals surface area (Å²) in [5.41, 5.74) is 16.2. The SMILES string of the molecule is NCC1=CCCc2sc3ccc(-c4cccc(-c5cccc(-c6ccccc6)c5)c4)cc3c21. The van der Waals surface area contributed by atoms with Crippen LogP contribution in [0.25, 0.3) is 49.0 Å². The molecule has 0 amide bonds. The minimum Gasteiger partial charge on any atom is -0.326 e. The molecule has 0 saturated heterocycles. The average Bonchev–Trinajstić information content (AvgIpc) is 3.27. The van der Waals surface area contributed by atoms with Crippen LogP contribution < -0.4 is 5.73 Å². The molecule has 1 aliphatic rings. The number of rotatable bonds is 4. The zero-order valence-electron chi connectivity index (χ0n) is 18.4. The summed E-state index contributed by atoms with van der Waals surface area (Å²) in [7, 11) is 0. The molecule has 0 spiro atoms. The maximum atomic E-state index is 6.09. The van der Waals surface area contributed by atoms with Crippen molar-refractivity contribution in [2.24, 2.45) is 5.73 Å². The molecular weight excluding hydrogens is 418 g/mol. The lowest BCUT2D eigenvalue weighted by atomic mass is 9.92. The summed E-state index contributed by atoms with van der Waals surface area (Å²) in [5.74, 6) is 0. The fraction of sp³-hybridized carbons (Fsp3) is 0.0968. The second-order valence-electron chi connectivity index (χ2n) is 8.61. The number of hydrogen-bond donors (Lipinski definition) is 1.